The monoisotopic (exact) mass is 285 g/mol. The number of carbonyl (C=O) groups excluding carboxylic acids is 2. The van der Waals surface area contributed by atoms with Crippen LogP contribution in [0.2, 0.25) is 0 Å². The van der Waals surface area contributed by atoms with Gasteiger partial charge in [-0.25, -0.2) is 0 Å². The molecule has 1 aromatic carbocycles. The van der Waals surface area contributed by atoms with Gasteiger partial charge in [-0.3, -0.25) is 9.59 Å². The molecule has 1 aromatic rings. The fraction of sp³-hybridized carbons (Fsp3) is 0.429. The van der Waals surface area contributed by atoms with Crippen molar-refractivity contribution in [2.45, 2.75) is 25.9 Å². The molecule has 2 rings (SSSR count). The number of halogens is 3. The van der Waals surface area contributed by atoms with Gasteiger partial charge in [0, 0.05) is 31.5 Å². The summed E-state index contributed by atoms with van der Waals surface area (Å²) < 4.78 is 38.2. The van der Waals surface area contributed by atoms with Crippen LogP contribution in [0.5, 0.6) is 0 Å². The first kappa shape index (κ1) is 14.6. The molecule has 3 nitrogen and oxygen atoms in total. The highest BCUT2D eigenvalue weighted by Gasteiger charge is 2.32. The number of hydrogen-bond donors (Lipinski definition) is 0. The lowest BCUT2D eigenvalue weighted by molar-refractivity contribution is -0.137. The van der Waals surface area contributed by atoms with Gasteiger partial charge in [0.1, 0.15) is 5.78 Å². The third-order valence-electron chi connectivity index (χ3n) is 3.26. The van der Waals surface area contributed by atoms with Crippen LogP contribution >= 0.6 is 0 Å². The topological polar surface area (TPSA) is 37.4 Å². The third-order valence-corrected chi connectivity index (χ3v) is 3.26. The predicted molar refractivity (Wildman–Crippen MR) is 66.3 cm³/mol. The number of rotatable bonds is 1. The van der Waals surface area contributed by atoms with Crippen molar-refractivity contribution < 1.29 is 22.8 Å². The summed E-state index contributed by atoms with van der Waals surface area (Å²) in [6, 6.07) is 3.32. The molecule has 20 heavy (non-hydrogen) atoms. The second kappa shape index (κ2) is 5.26. The maximum absolute atomic E-state index is 12.7. The van der Waals surface area contributed by atoms with E-state index in [1.807, 2.05) is 0 Å². The Kier molecular flexibility index (Phi) is 3.83. The average Bonchev–Trinajstić information content (AvgIpc) is 2.37. The van der Waals surface area contributed by atoms with E-state index in [9.17, 15) is 22.8 Å². The summed E-state index contributed by atoms with van der Waals surface area (Å²) in [4.78, 5) is 24.7. The molecule has 0 N–H and O–H groups in total. The van der Waals surface area contributed by atoms with E-state index in [-0.39, 0.29) is 37.3 Å². The molecule has 1 heterocycles. The van der Waals surface area contributed by atoms with Gasteiger partial charge in [-0.15, -0.1) is 0 Å². The molecule has 1 fully saturated rings. The molecule has 108 valence electrons. The zero-order chi connectivity index (χ0) is 14.9. The van der Waals surface area contributed by atoms with Gasteiger partial charge in [0.2, 0.25) is 0 Å². The molecule has 6 heteroatoms. The van der Waals surface area contributed by atoms with E-state index in [0.717, 1.165) is 12.1 Å². The summed E-state index contributed by atoms with van der Waals surface area (Å²) in [5, 5.41) is 0. The van der Waals surface area contributed by atoms with E-state index < -0.39 is 17.6 Å². The number of alkyl halides is 3. The van der Waals surface area contributed by atoms with Crippen molar-refractivity contribution in [3.05, 3.63) is 34.9 Å². The van der Waals surface area contributed by atoms with E-state index in [0.29, 0.717) is 5.56 Å². The fourth-order valence-electron chi connectivity index (χ4n) is 2.21. The largest absolute Gasteiger partial charge is 0.416 e. The van der Waals surface area contributed by atoms with Gasteiger partial charge in [0.15, 0.2) is 0 Å². The summed E-state index contributed by atoms with van der Waals surface area (Å²) in [6.07, 6.45) is -3.94. The van der Waals surface area contributed by atoms with Crippen LogP contribution in [0.1, 0.15) is 34.3 Å². The van der Waals surface area contributed by atoms with Crippen molar-refractivity contribution in [2.24, 2.45) is 0 Å². The number of likely N-dealkylation sites (tertiary alicyclic amines) is 1. The highest BCUT2D eigenvalue weighted by Crippen LogP contribution is 2.31. The zero-order valence-corrected chi connectivity index (χ0v) is 11.0. The Morgan fingerprint density at radius 1 is 1.15 bits per heavy atom. The Balaban J connectivity index is 2.26. The number of aryl methyl sites for hydroxylation is 1. The first-order valence-electron chi connectivity index (χ1n) is 6.27. The number of Topliss-reactive ketones (excluding diaryl/α,β-unsaturated/α-hetero) is 1. The lowest BCUT2D eigenvalue weighted by Crippen LogP contribution is -2.38. The maximum atomic E-state index is 12.7. The van der Waals surface area contributed by atoms with Crippen LogP contribution in [0.15, 0.2) is 18.2 Å². The lowest BCUT2D eigenvalue weighted by Gasteiger charge is -2.26. The Morgan fingerprint density at radius 3 is 2.30 bits per heavy atom. The molecule has 0 aliphatic carbocycles. The number of hydrogen-bond acceptors (Lipinski definition) is 2. The van der Waals surface area contributed by atoms with E-state index >= 15 is 0 Å². The number of nitrogens with zero attached hydrogens (tertiary/aromatic N) is 1. The normalized spacial score (nSPS) is 16.4. The van der Waals surface area contributed by atoms with Crippen LogP contribution in [-0.4, -0.2) is 29.7 Å². The summed E-state index contributed by atoms with van der Waals surface area (Å²) in [5.74, 6) is -0.374. The van der Waals surface area contributed by atoms with Gasteiger partial charge in [-0.1, -0.05) is 0 Å². The predicted octanol–water partition coefficient (Wildman–Crippen LogP) is 2.82. The van der Waals surface area contributed by atoms with Crippen LogP contribution < -0.4 is 0 Å². The van der Waals surface area contributed by atoms with E-state index in [1.165, 1.54) is 17.9 Å². The minimum Gasteiger partial charge on any atom is -0.338 e. The van der Waals surface area contributed by atoms with Gasteiger partial charge in [-0.2, -0.15) is 13.2 Å². The van der Waals surface area contributed by atoms with Crippen LogP contribution in [0, 0.1) is 6.92 Å². The van der Waals surface area contributed by atoms with Gasteiger partial charge in [0.25, 0.3) is 5.91 Å². The molecule has 1 aliphatic rings. The molecular formula is C14H14F3NO2. The SMILES string of the molecule is Cc1cc(C(=O)N2CCC(=O)CC2)cc(C(F)(F)F)c1. The smallest absolute Gasteiger partial charge is 0.338 e. The summed E-state index contributed by atoms with van der Waals surface area (Å²) in [6.45, 7) is 2.06. The van der Waals surface area contributed by atoms with Crippen LogP contribution in [-0.2, 0) is 11.0 Å². The van der Waals surface area contributed by atoms with Crippen molar-refractivity contribution in [3.63, 3.8) is 0 Å². The first-order chi connectivity index (χ1) is 9.27. The number of piperidine rings is 1. The molecule has 1 saturated heterocycles. The fourth-order valence-corrected chi connectivity index (χ4v) is 2.21. The molecule has 0 atom stereocenters. The molecule has 0 unspecified atom stereocenters. The molecule has 0 bridgehead atoms. The average molecular weight is 285 g/mol. The number of carbonyl (C=O) groups is 2. The first-order valence-corrected chi connectivity index (χ1v) is 6.27. The second-order valence-corrected chi connectivity index (χ2v) is 4.92. The van der Waals surface area contributed by atoms with Crippen molar-refractivity contribution in [3.8, 4) is 0 Å². The van der Waals surface area contributed by atoms with Gasteiger partial charge in [-0.05, 0) is 30.7 Å². The second-order valence-electron chi connectivity index (χ2n) is 4.92. The highest BCUT2D eigenvalue weighted by molar-refractivity contribution is 5.95. The van der Waals surface area contributed by atoms with Gasteiger partial charge >= 0.3 is 6.18 Å². The third kappa shape index (κ3) is 3.18. The molecule has 0 saturated carbocycles. The van der Waals surface area contributed by atoms with Gasteiger partial charge < -0.3 is 4.90 Å². The molecule has 0 aromatic heterocycles. The Morgan fingerprint density at radius 2 is 1.75 bits per heavy atom. The molecule has 0 radical (unpaired) electrons. The van der Waals surface area contributed by atoms with E-state index in [1.54, 1.807) is 0 Å². The molecule has 1 aliphatic heterocycles. The van der Waals surface area contributed by atoms with Crippen molar-refractivity contribution in [2.75, 3.05) is 13.1 Å². The highest BCUT2D eigenvalue weighted by atomic mass is 19.4. The van der Waals surface area contributed by atoms with Crippen molar-refractivity contribution in [1.82, 2.24) is 4.90 Å². The zero-order valence-electron chi connectivity index (χ0n) is 11.0. The van der Waals surface area contributed by atoms with Crippen molar-refractivity contribution >= 4 is 11.7 Å². The molecular weight excluding hydrogens is 271 g/mol. The Hall–Kier alpha value is -1.85. The van der Waals surface area contributed by atoms with Crippen LogP contribution in [0.25, 0.3) is 0 Å². The Bertz CT molecular complexity index is 542. The summed E-state index contributed by atoms with van der Waals surface area (Å²) in [5.41, 5.74) is -0.420. The number of amides is 1. The lowest BCUT2D eigenvalue weighted by atomic mass is 10.0. The standard InChI is InChI=1S/C14H14F3NO2/c1-9-6-10(8-11(7-9)14(15,16)17)13(20)18-4-2-12(19)3-5-18/h6-8H,2-5H2,1H3. The Labute approximate surface area is 114 Å². The van der Waals surface area contributed by atoms with Crippen molar-refractivity contribution in [1.29, 1.82) is 0 Å². The van der Waals surface area contributed by atoms with Gasteiger partial charge in [0.05, 0.1) is 5.56 Å². The van der Waals surface area contributed by atoms with Crippen LogP contribution in [0.4, 0.5) is 13.2 Å². The quantitative estimate of drug-likeness (QED) is 0.795. The summed E-state index contributed by atoms with van der Waals surface area (Å²) in [7, 11) is 0. The number of ketones is 1. The van der Waals surface area contributed by atoms with E-state index in [4.69, 9.17) is 0 Å². The van der Waals surface area contributed by atoms with E-state index in [2.05, 4.69) is 0 Å². The number of benzene rings is 1. The molecule has 1 amide bonds. The maximum Gasteiger partial charge on any atom is 0.416 e. The minimum absolute atomic E-state index is 0.0201. The molecule has 0 spiro atoms. The summed E-state index contributed by atoms with van der Waals surface area (Å²) >= 11 is 0. The minimum atomic E-state index is -4.47. The van der Waals surface area contributed by atoms with Crippen LogP contribution in [0.3, 0.4) is 0 Å².